The minimum Gasteiger partial charge on any atom is -0.496 e. The monoisotopic (exact) mass is 402 g/mol. The summed E-state index contributed by atoms with van der Waals surface area (Å²) >= 11 is 0. The van der Waals surface area contributed by atoms with Crippen LogP contribution in [-0.2, 0) is 10.0 Å². The Morgan fingerprint density at radius 2 is 1.75 bits per heavy atom. The molecule has 0 unspecified atom stereocenters. The van der Waals surface area contributed by atoms with E-state index in [1.165, 1.54) is 29.6 Å². The molecular formula is C21H26N2O4S. The molecule has 0 aromatic heterocycles. The number of benzene rings is 2. The molecule has 0 spiro atoms. The number of rotatable bonds is 5. The predicted molar refractivity (Wildman–Crippen MR) is 109 cm³/mol. The number of hydrogen-bond donors (Lipinski definition) is 1. The van der Waals surface area contributed by atoms with Gasteiger partial charge in [0, 0.05) is 18.8 Å². The third-order valence-electron chi connectivity index (χ3n) is 5.01. The van der Waals surface area contributed by atoms with Crippen LogP contribution in [0.2, 0.25) is 0 Å². The molecule has 0 bridgehead atoms. The van der Waals surface area contributed by atoms with Gasteiger partial charge in [0.25, 0.3) is 5.91 Å². The van der Waals surface area contributed by atoms with Crippen molar-refractivity contribution in [3.63, 3.8) is 0 Å². The van der Waals surface area contributed by atoms with E-state index in [0.717, 1.165) is 30.4 Å². The molecule has 1 aliphatic rings. The number of amides is 1. The molecule has 0 aliphatic carbocycles. The summed E-state index contributed by atoms with van der Waals surface area (Å²) in [5.41, 5.74) is 2.84. The Bertz CT molecular complexity index is 980. The van der Waals surface area contributed by atoms with Crippen molar-refractivity contribution in [2.75, 3.05) is 25.5 Å². The van der Waals surface area contributed by atoms with Crippen molar-refractivity contribution in [2.45, 2.75) is 38.0 Å². The Kier molecular flexibility index (Phi) is 6.05. The average molecular weight is 403 g/mol. The Morgan fingerprint density at radius 1 is 1.04 bits per heavy atom. The second-order valence-corrected chi connectivity index (χ2v) is 9.04. The molecule has 0 atom stereocenters. The highest BCUT2D eigenvalue weighted by Crippen LogP contribution is 2.27. The number of methoxy groups -OCH3 is 1. The van der Waals surface area contributed by atoms with Crippen LogP contribution >= 0.6 is 0 Å². The van der Waals surface area contributed by atoms with E-state index in [0.29, 0.717) is 24.5 Å². The van der Waals surface area contributed by atoms with Crippen molar-refractivity contribution in [1.82, 2.24) is 4.31 Å². The number of piperidine rings is 1. The molecule has 1 fully saturated rings. The first-order valence-electron chi connectivity index (χ1n) is 9.40. The molecule has 1 N–H and O–H groups in total. The smallest absolute Gasteiger partial charge is 0.259 e. The minimum atomic E-state index is -3.63. The van der Waals surface area contributed by atoms with Crippen molar-refractivity contribution in [2.24, 2.45) is 0 Å². The summed E-state index contributed by atoms with van der Waals surface area (Å²) in [5, 5.41) is 2.87. The quantitative estimate of drug-likeness (QED) is 0.827. The van der Waals surface area contributed by atoms with Gasteiger partial charge in [-0.15, -0.1) is 0 Å². The lowest BCUT2D eigenvalue weighted by Gasteiger charge is -2.26. The van der Waals surface area contributed by atoms with Gasteiger partial charge in [0.15, 0.2) is 0 Å². The van der Waals surface area contributed by atoms with Gasteiger partial charge in [-0.05, 0) is 62.1 Å². The molecule has 3 rings (SSSR count). The summed E-state index contributed by atoms with van der Waals surface area (Å²) < 4.78 is 32.7. The first-order valence-corrected chi connectivity index (χ1v) is 10.8. The molecule has 28 heavy (non-hydrogen) atoms. The van der Waals surface area contributed by atoms with Crippen LogP contribution in [0, 0.1) is 13.8 Å². The second kappa shape index (κ2) is 8.32. The molecule has 0 saturated carbocycles. The first-order chi connectivity index (χ1) is 13.3. The summed E-state index contributed by atoms with van der Waals surface area (Å²) in [7, 11) is -2.17. The Balaban J connectivity index is 1.94. The number of nitrogens with zero attached hydrogens (tertiary/aromatic N) is 1. The van der Waals surface area contributed by atoms with Gasteiger partial charge < -0.3 is 10.1 Å². The lowest BCUT2D eigenvalue weighted by atomic mass is 10.1. The molecule has 1 amide bonds. The highest BCUT2D eigenvalue weighted by Gasteiger charge is 2.27. The maximum absolute atomic E-state index is 13.0. The predicted octanol–water partition coefficient (Wildman–Crippen LogP) is 3.74. The average Bonchev–Trinajstić information content (AvgIpc) is 2.70. The lowest BCUT2D eigenvalue weighted by molar-refractivity contribution is 0.102. The van der Waals surface area contributed by atoms with E-state index in [9.17, 15) is 13.2 Å². The van der Waals surface area contributed by atoms with Gasteiger partial charge in [0.1, 0.15) is 5.75 Å². The van der Waals surface area contributed by atoms with Crippen molar-refractivity contribution in [3.8, 4) is 5.75 Å². The van der Waals surface area contributed by atoms with E-state index in [2.05, 4.69) is 5.32 Å². The summed E-state index contributed by atoms with van der Waals surface area (Å²) in [6.07, 6.45) is 2.75. The van der Waals surface area contributed by atoms with E-state index in [1.807, 2.05) is 32.0 Å². The summed E-state index contributed by atoms with van der Waals surface area (Å²) in [6.45, 7) is 4.88. The topological polar surface area (TPSA) is 75.7 Å². The van der Waals surface area contributed by atoms with Gasteiger partial charge in [-0.2, -0.15) is 4.31 Å². The van der Waals surface area contributed by atoms with Crippen LogP contribution < -0.4 is 10.1 Å². The Labute approximate surface area is 166 Å². The van der Waals surface area contributed by atoms with Crippen LogP contribution in [0.5, 0.6) is 5.75 Å². The molecule has 1 aliphatic heterocycles. The molecule has 6 nitrogen and oxygen atoms in total. The number of hydrogen-bond acceptors (Lipinski definition) is 4. The van der Waals surface area contributed by atoms with Crippen LogP contribution in [0.25, 0.3) is 0 Å². The van der Waals surface area contributed by atoms with E-state index >= 15 is 0 Å². The fraction of sp³-hybridized carbons (Fsp3) is 0.381. The molecule has 2 aromatic carbocycles. The maximum Gasteiger partial charge on any atom is 0.259 e. The van der Waals surface area contributed by atoms with Crippen molar-refractivity contribution < 1.29 is 17.9 Å². The zero-order valence-corrected chi connectivity index (χ0v) is 17.3. The standard InChI is InChI=1S/C21H26N2O4S/c1-15-7-8-16(2)19(13-15)22-21(24)18-14-17(9-10-20(18)27-3)28(25,26)23-11-5-4-6-12-23/h7-10,13-14H,4-6,11-12H2,1-3H3,(H,22,24). The number of carbonyl (C=O) groups excluding carboxylic acids is 1. The van der Waals surface area contributed by atoms with Gasteiger partial charge in [-0.25, -0.2) is 8.42 Å². The van der Waals surface area contributed by atoms with Gasteiger partial charge in [-0.3, -0.25) is 4.79 Å². The van der Waals surface area contributed by atoms with E-state index in [1.54, 1.807) is 0 Å². The Morgan fingerprint density at radius 3 is 2.43 bits per heavy atom. The van der Waals surface area contributed by atoms with Gasteiger partial charge in [0.2, 0.25) is 10.0 Å². The largest absolute Gasteiger partial charge is 0.496 e. The van der Waals surface area contributed by atoms with Gasteiger partial charge in [0.05, 0.1) is 17.6 Å². The number of sulfonamides is 1. The maximum atomic E-state index is 13.0. The molecule has 1 heterocycles. The molecule has 1 saturated heterocycles. The van der Waals surface area contributed by atoms with Crippen LogP contribution in [0.3, 0.4) is 0 Å². The SMILES string of the molecule is COc1ccc(S(=O)(=O)N2CCCCC2)cc1C(=O)Nc1cc(C)ccc1C. The highest BCUT2D eigenvalue weighted by molar-refractivity contribution is 7.89. The van der Waals surface area contributed by atoms with Crippen LogP contribution in [0.15, 0.2) is 41.3 Å². The minimum absolute atomic E-state index is 0.112. The molecule has 2 aromatic rings. The van der Waals surface area contributed by atoms with E-state index in [-0.39, 0.29) is 10.5 Å². The molecule has 0 radical (unpaired) electrons. The highest BCUT2D eigenvalue weighted by atomic mass is 32.2. The fourth-order valence-electron chi connectivity index (χ4n) is 3.34. The van der Waals surface area contributed by atoms with Crippen molar-refractivity contribution >= 4 is 21.6 Å². The number of nitrogens with one attached hydrogen (secondary N) is 1. The van der Waals surface area contributed by atoms with E-state index in [4.69, 9.17) is 4.74 Å². The third-order valence-corrected chi connectivity index (χ3v) is 6.90. The van der Waals surface area contributed by atoms with Crippen LogP contribution in [0.1, 0.15) is 40.7 Å². The van der Waals surface area contributed by atoms with Crippen molar-refractivity contribution in [1.29, 1.82) is 0 Å². The van der Waals surface area contributed by atoms with E-state index < -0.39 is 15.9 Å². The number of ether oxygens (including phenoxy) is 1. The van der Waals surface area contributed by atoms with Gasteiger partial charge in [-0.1, -0.05) is 18.6 Å². The summed E-state index contributed by atoms with van der Waals surface area (Å²) in [6, 6.07) is 10.2. The molecule has 7 heteroatoms. The fourth-order valence-corrected chi connectivity index (χ4v) is 4.88. The van der Waals surface area contributed by atoms with Crippen molar-refractivity contribution in [3.05, 3.63) is 53.1 Å². The number of anilines is 1. The number of carbonyl (C=O) groups is 1. The van der Waals surface area contributed by atoms with Gasteiger partial charge >= 0.3 is 0 Å². The van der Waals surface area contributed by atoms with Crippen LogP contribution in [0.4, 0.5) is 5.69 Å². The summed E-state index contributed by atoms with van der Waals surface area (Å²) in [5.74, 6) is -0.0679. The number of aryl methyl sites for hydroxylation is 2. The zero-order chi connectivity index (χ0) is 20.3. The molecule has 150 valence electrons. The van der Waals surface area contributed by atoms with Crippen LogP contribution in [-0.4, -0.2) is 38.8 Å². The lowest BCUT2D eigenvalue weighted by Crippen LogP contribution is -2.35. The third kappa shape index (κ3) is 4.20. The summed E-state index contributed by atoms with van der Waals surface area (Å²) in [4.78, 5) is 13.0. The molecular weight excluding hydrogens is 376 g/mol. The zero-order valence-electron chi connectivity index (χ0n) is 16.5. The normalized spacial score (nSPS) is 15.2. The Hall–Kier alpha value is -2.38. The first kappa shape index (κ1) is 20.4. The second-order valence-electron chi connectivity index (χ2n) is 7.10.